The monoisotopic (exact) mass is 207 g/mol. The van der Waals surface area contributed by atoms with Crippen molar-refractivity contribution in [3.05, 3.63) is 12.7 Å². The molecule has 0 aromatic heterocycles. The summed E-state index contributed by atoms with van der Waals surface area (Å²) in [5.41, 5.74) is 0. The maximum Gasteiger partial charge on any atom is 0.483 e. The fourth-order valence-electron chi connectivity index (χ4n) is 1.03. The summed E-state index contributed by atoms with van der Waals surface area (Å²) in [5, 5.41) is 5.95. The van der Waals surface area contributed by atoms with Gasteiger partial charge in [0.2, 0.25) is 8.48 Å². The molecule has 6 heteroatoms. The SMILES string of the molecule is C=CC[SiH](N)[Si](OC)(OC)OC. The molecular weight excluding hydrogens is 190 g/mol. The van der Waals surface area contributed by atoms with Gasteiger partial charge in [0.1, 0.15) is 0 Å². The molecule has 0 aliphatic heterocycles. The summed E-state index contributed by atoms with van der Waals surface area (Å²) in [4.78, 5) is 0. The van der Waals surface area contributed by atoms with E-state index in [0.717, 1.165) is 6.04 Å². The van der Waals surface area contributed by atoms with E-state index in [1.165, 1.54) is 0 Å². The Hall–Kier alpha value is 0.0138. The molecule has 0 aromatic rings. The maximum absolute atomic E-state index is 5.95. The topological polar surface area (TPSA) is 53.7 Å². The van der Waals surface area contributed by atoms with Crippen molar-refractivity contribution < 1.29 is 13.3 Å². The van der Waals surface area contributed by atoms with Crippen LogP contribution in [0.1, 0.15) is 0 Å². The van der Waals surface area contributed by atoms with Crippen LogP contribution >= 0.6 is 0 Å². The lowest BCUT2D eigenvalue weighted by Crippen LogP contribution is -2.62. The molecule has 0 bridgehead atoms. The molecule has 4 nitrogen and oxygen atoms in total. The predicted octanol–water partition coefficient (Wildman–Crippen LogP) is -0.189. The molecule has 0 amide bonds. The number of rotatable bonds is 6. The maximum atomic E-state index is 5.95. The Kier molecular flexibility index (Phi) is 5.63. The van der Waals surface area contributed by atoms with E-state index in [2.05, 4.69) is 6.58 Å². The van der Waals surface area contributed by atoms with Crippen LogP contribution in [0, 0.1) is 0 Å². The highest BCUT2D eigenvalue weighted by atomic mass is 29.3. The van der Waals surface area contributed by atoms with Crippen LogP contribution in [0.5, 0.6) is 0 Å². The van der Waals surface area contributed by atoms with Crippen LogP contribution in [0.2, 0.25) is 6.04 Å². The Balaban J connectivity index is 4.34. The molecule has 0 saturated carbocycles. The van der Waals surface area contributed by atoms with E-state index in [1.54, 1.807) is 27.4 Å². The minimum atomic E-state index is -2.50. The van der Waals surface area contributed by atoms with Crippen molar-refractivity contribution in [3.63, 3.8) is 0 Å². The molecule has 0 radical (unpaired) electrons. The van der Waals surface area contributed by atoms with E-state index in [-0.39, 0.29) is 0 Å². The molecule has 1 unspecified atom stereocenters. The molecule has 0 aromatic carbocycles. The van der Waals surface area contributed by atoms with Gasteiger partial charge in [-0.05, 0) is 6.04 Å². The van der Waals surface area contributed by atoms with Crippen LogP contribution in [0.25, 0.3) is 0 Å². The normalized spacial score (nSPS) is 14.3. The third-order valence-electron chi connectivity index (χ3n) is 1.73. The minimum Gasteiger partial charge on any atom is -0.379 e. The van der Waals surface area contributed by atoms with Gasteiger partial charge in [0.15, 0.2) is 0 Å². The lowest BCUT2D eigenvalue weighted by Gasteiger charge is -2.28. The van der Waals surface area contributed by atoms with Crippen molar-refractivity contribution >= 4 is 16.8 Å². The van der Waals surface area contributed by atoms with E-state index in [1.807, 2.05) is 0 Å². The Morgan fingerprint density at radius 1 is 1.33 bits per heavy atom. The summed E-state index contributed by atoms with van der Waals surface area (Å²) < 4.78 is 15.7. The molecule has 72 valence electrons. The molecule has 0 aliphatic carbocycles. The summed E-state index contributed by atoms with van der Waals surface area (Å²) >= 11 is 0. The van der Waals surface area contributed by atoms with Gasteiger partial charge in [-0.15, -0.1) is 6.58 Å². The van der Waals surface area contributed by atoms with Gasteiger partial charge in [-0.3, -0.25) is 0 Å². The summed E-state index contributed by atoms with van der Waals surface area (Å²) in [5.74, 6) is 0. The van der Waals surface area contributed by atoms with E-state index in [0.29, 0.717) is 0 Å². The number of hydrogen-bond acceptors (Lipinski definition) is 4. The average molecular weight is 207 g/mol. The number of hydrogen-bond donors (Lipinski definition) is 1. The summed E-state index contributed by atoms with van der Waals surface area (Å²) in [6, 6.07) is 0.766. The van der Waals surface area contributed by atoms with Crippen molar-refractivity contribution in [2.24, 2.45) is 5.40 Å². The van der Waals surface area contributed by atoms with Crippen LogP contribution in [0.3, 0.4) is 0 Å². The molecule has 0 rings (SSSR count). The quantitative estimate of drug-likeness (QED) is 0.484. The van der Waals surface area contributed by atoms with Crippen molar-refractivity contribution in [3.8, 4) is 0 Å². The zero-order valence-corrected chi connectivity index (χ0v) is 10.0. The van der Waals surface area contributed by atoms with Crippen molar-refractivity contribution in [2.45, 2.75) is 6.04 Å². The second-order valence-corrected chi connectivity index (χ2v) is 10.8. The predicted molar refractivity (Wildman–Crippen MR) is 53.1 cm³/mol. The Morgan fingerprint density at radius 2 is 1.75 bits per heavy atom. The fourth-order valence-corrected chi connectivity index (χ4v) is 7.17. The molecule has 0 heterocycles. The largest absolute Gasteiger partial charge is 0.483 e. The van der Waals surface area contributed by atoms with Crippen LogP contribution in [-0.2, 0) is 13.3 Å². The first-order valence-corrected chi connectivity index (χ1v) is 8.70. The minimum absolute atomic E-state index is 0.766. The highest BCUT2D eigenvalue weighted by molar-refractivity contribution is 7.23. The first kappa shape index (κ1) is 12.0. The highest BCUT2D eigenvalue weighted by Gasteiger charge is 2.45. The molecule has 0 saturated heterocycles. The number of allylic oxidation sites excluding steroid dienone is 1. The van der Waals surface area contributed by atoms with Gasteiger partial charge in [0, 0.05) is 21.3 Å². The molecule has 2 N–H and O–H groups in total. The van der Waals surface area contributed by atoms with Gasteiger partial charge < -0.3 is 18.7 Å². The fraction of sp³-hybridized carbons (Fsp3) is 0.667. The lowest BCUT2D eigenvalue weighted by molar-refractivity contribution is 0.146. The third kappa shape index (κ3) is 2.51. The van der Waals surface area contributed by atoms with Gasteiger partial charge in [0.05, 0.1) is 0 Å². The Labute approximate surface area is 76.2 Å². The summed E-state index contributed by atoms with van der Waals surface area (Å²) in [6.07, 6.45) is 1.79. The molecule has 0 spiro atoms. The molecule has 12 heavy (non-hydrogen) atoms. The Bertz CT molecular complexity index is 132. The van der Waals surface area contributed by atoms with Gasteiger partial charge in [0.25, 0.3) is 0 Å². The molecule has 1 atom stereocenters. The van der Waals surface area contributed by atoms with Gasteiger partial charge >= 0.3 is 8.32 Å². The van der Waals surface area contributed by atoms with Gasteiger partial charge in [-0.2, -0.15) is 0 Å². The zero-order chi connectivity index (χ0) is 9.61. The second kappa shape index (κ2) is 5.62. The standard InChI is InChI=1S/C6H17NO3Si2/c1-5-6-11(7)12(8-2,9-3)10-4/h5,11H,1,6-7H2,2-4H3. The zero-order valence-electron chi connectivity index (χ0n) is 7.87. The molecule has 0 fully saturated rings. The molecule has 0 aliphatic rings. The van der Waals surface area contributed by atoms with Crippen molar-refractivity contribution in [2.75, 3.05) is 21.3 Å². The van der Waals surface area contributed by atoms with Crippen LogP contribution in [0.15, 0.2) is 12.7 Å². The lowest BCUT2D eigenvalue weighted by atomic mass is 10.8. The van der Waals surface area contributed by atoms with E-state index in [9.17, 15) is 0 Å². The van der Waals surface area contributed by atoms with E-state index < -0.39 is 16.8 Å². The van der Waals surface area contributed by atoms with E-state index in [4.69, 9.17) is 18.7 Å². The first-order valence-electron chi connectivity index (χ1n) is 3.68. The van der Waals surface area contributed by atoms with E-state index >= 15 is 0 Å². The third-order valence-corrected chi connectivity index (χ3v) is 10.7. The summed E-state index contributed by atoms with van der Waals surface area (Å²) in [7, 11) is 0.641. The average Bonchev–Trinajstić information content (AvgIpc) is 2.09. The van der Waals surface area contributed by atoms with Crippen molar-refractivity contribution in [1.82, 2.24) is 0 Å². The first-order chi connectivity index (χ1) is 5.66. The molecular formula is C6H17NO3Si2. The van der Waals surface area contributed by atoms with Gasteiger partial charge in [-0.25, -0.2) is 0 Å². The van der Waals surface area contributed by atoms with Crippen LogP contribution in [-0.4, -0.2) is 38.1 Å². The van der Waals surface area contributed by atoms with Crippen LogP contribution in [0.4, 0.5) is 0 Å². The van der Waals surface area contributed by atoms with Gasteiger partial charge in [-0.1, -0.05) is 6.08 Å². The van der Waals surface area contributed by atoms with Crippen LogP contribution < -0.4 is 5.40 Å². The highest BCUT2D eigenvalue weighted by Crippen LogP contribution is 2.10. The number of nitrogens with two attached hydrogens (primary N) is 1. The second-order valence-electron chi connectivity index (χ2n) is 2.35. The summed E-state index contributed by atoms with van der Waals surface area (Å²) in [6.45, 7) is 3.63. The Morgan fingerprint density at radius 3 is 2.00 bits per heavy atom. The van der Waals surface area contributed by atoms with Crippen molar-refractivity contribution in [1.29, 1.82) is 0 Å². The smallest absolute Gasteiger partial charge is 0.379 e.